The van der Waals surface area contributed by atoms with Crippen LogP contribution in [-0.4, -0.2) is 4.98 Å². The van der Waals surface area contributed by atoms with E-state index in [2.05, 4.69) is 0 Å². The Balaban J connectivity index is 3.44. The highest BCUT2D eigenvalue weighted by Crippen LogP contribution is 2.44. The van der Waals surface area contributed by atoms with Crippen LogP contribution in [-0.2, 0) is 12.4 Å². The highest BCUT2D eigenvalue weighted by molar-refractivity contribution is 5.36. The third-order valence-electron chi connectivity index (χ3n) is 1.72. The molecule has 16 heavy (non-hydrogen) atoms. The fraction of sp³-hybridized carbons (Fsp3) is 0.429. The van der Waals surface area contributed by atoms with Crippen molar-refractivity contribution in [3.63, 3.8) is 0 Å². The van der Waals surface area contributed by atoms with E-state index in [4.69, 9.17) is 0 Å². The minimum Gasteiger partial charge on any atom is -0.359 e. The van der Waals surface area contributed by atoms with Crippen molar-refractivity contribution >= 4 is 0 Å². The summed E-state index contributed by atoms with van der Waals surface area (Å²) >= 11 is 0. The van der Waals surface area contributed by atoms with Crippen molar-refractivity contribution in [1.29, 1.82) is 0 Å². The van der Waals surface area contributed by atoms with Crippen LogP contribution in [0.2, 0.25) is 0 Å². The average molecular weight is 253 g/mol. The molecular formula is C7H3F8N. The fourth-order valence-corrected chi connectivity index (χ4v) is 1.14. The Kier molecular flexibility index (Phi) is 2.90. The summed E-state index contributed by atoms with van der Waals surface area (Å²) in [4.78, 5) is 1.30. The van der Waals surface area contributed by atoms with Gasteiger partial charge in [-0.25, -0.2) is 8.78 Å². The Morgan fingerprint density at radius 1 is 0.938 bits per heavy atom. The molecule has 0 spiro atoms. The number of aromatic nitrogens is 1. The second-order valence-corrected chi connectivity index (χ2v) is 2.79. The van der Waals surface area contributed by atoms with Crippen LogP contribution in [0.1, 0.15) is 23.2 Å². The molecule has 0 radical (unpaired) electrons. The van der Waals surface area contributed by atoms with Crippen LogP contribution in [0.25, 0.3) is 0 Å². The first kappa shape index (κ1) is 12.8. The van der Waals surface area contributed by atoms with Gasteiger partial charge in [-0.05, 0) is 0 Å². The van der Waals surface area contributed by atoms with Crippen molar-refractivity contribution in [3.8, 4) is 0 Å². The Labute approximate surface area is 83.1 Å². The largest absolute Gasteiger partial charge is 0.418 e. The first-order chi connectivity index (χ1) is 7.05. The highest BCUT2D eigenvalue weighted by atomic mass is 19.4. The number of alkyl halides is 8. The minimum atomic E-state index is -5.49. The normalized spacial score (nSPS) is 13.6. The van der Waals surface area contributed by atoms with Crippen molar-refractivity contribution < 1.29 is 35.1 Å². The predicted molar refractivity (Wildman–Crippen MR) is 35.8 cm³/mol. The number of aromatic amines is 1. The van der Waals surface area contributed by atoms with E-state index in [1.165, 1.54) is 4.98 Å². The van der Waals surface area contributed by atoms with E-state index < -0.39 is 35.6 Å². The number of hydrogen-bond donors (Lipinski definition) is 1. The molecular weight excluding hydrogens is 250 g/mol. The summed E-state index contributed by atoms with van der Waals surface area (Å²) in [6, 6.07) is 0. The Bertz CT molecular complexity index is 371. The first-order valence-electron chi connectivity index (χ1n) is 3.69. The number of H-pyrrole nitrogens is 1. The lowest BCUT2D eigenvalue weighted by Crippen LogP contribution is -2.16. The van der Waals surface area contributed by atoms with Crippen molar-refractivity contribution in [1.82, 2.24) is 4.98 Å². The Morgan fingerprint density at radius 2 is 1.44 bits per heavy atom. The molecule has 1 heterocycles. The molecule has 0 fully saturated rings. The molecule has 0 amide bonds. The van der Waals surface area contributed by atoms with Crippen molar-refractivity contribution in [2.45, 2.75) is 18.8 Å². The maximum Gasteiger partial charge on any atom is 0.418 e. The van der Waals surface area contributed by atoms with Gasteiger partial charge < -0.3 is 4.98 Å². The van der Waals surface area contributed by atoms with Crippen molar-refractivity contribution in [2.24, 2.45) is 0 Å². The van der Waals surface area contributed by atoms with Crippen LogP contribution in [0.15, 0.2) is 6.20 Å². The minimum absolute atomic E-state index is 0.121. The molecule has 0 aliphatic heterocycles. The monoisotopic (exact) mass is 253 g/mol. The summed E-state index contributed by atoms with van der Waals surface area (Å²) in [5.74, 6) is 0. The van der Waals surface area contributed by atoms with Gasteiger partial charge in [-0.2, -0.15) is 26.3 Å². The van der Waals surface area contributed by atoms with Crippen LogP contribution in [0, 0.1) is 0 Å². The smallest absolute Gasteiger partial charge is 0.359 e. The molecule has 0 saturated heterocycles. The molecule has 0 atom stereocenters. The van der Waals surface area contributed by atoms with Gasteiger partial charge in [0.25, 0.3) is 6.43 Å². The Hall–Kier alpha value is -1.28. The summed E-state index contributed by atoms with van der Waals surface area (Å²) in [7, 11) is 0. The quantitative estimate of drug-likeness (QED) is 0.728. The Morgan fingerprint density at radius 3 is 1.75 bits per heavy atom. The third kappa shape index (κ3) is 2.27. The number of rotatable bonds is 1. The molecule has 9 heteroatoms. The van der Waals surface area contributed by atoms with E-state index >= 15 is 0 Å². The third-order valence-corrected chi connectivity index (χ3v) is 1.72. The molecule has 0 aromatic carbocycles. The van der Waals surface area contributed by atoms with E-state index in [9.17, 15) is 35.1 Å². The summed E-state index contributed by atoms with van der Waals surface area (Å²) in [6.45, 7) is 0. The van der Waals surface area contributed by atoms with Gasteiger partial charge >= 0.3 is 12.4 Å². The van der Waals surface area contributed by atoms with Crippen LogP contribution in [0.5, 0.6) is 0 Å². The van der Waals surface area contributed by atoms with E-state index in [0.29, 0.717) is 0 Å². The zero-order valence-electron chi connectivity index (χ0n) is 7.18. The molecule has 1 rings (SSSR count). The van der Waals surface area contributed by atoms with E-state index in [1.54, 1.807) is 0 Å². The SMILES string of the molecule is FC(F)c1[nH]cc(C(F)(F)F)c1C(F)(F)F. The molecule has 1 nitrogen and oxygen atoms in total. The van der Waals surface area contributed by atoms with Gasteiger partial charge in [0.1, 0.15) is 0 Å². The summed E-state index contributed by atoms with van der Waals surface area (Å²) < 4.78 is 96.9. The molecule has 0 bridgehead atoms. The molecule has 0 aliphatic rings. The molecule has 1 N–H and O–H groups in total. The highest BCUT2D eigenvalue weighted by Gasteiger charge is 2.47. The maximum atomic E-state index is 12.2. The van der Waals surface area contributed by atoms with Crippen LogP contribution in [0.3, 0.4) is 0 Å². The standard InChI is InChI=1S/C7H3F8N/c8-5(9)4-3(7(13,14)15)2(1-16-4)6(10,11)12/h1,5,16H. The zero-order chi connectivity index (χ0) is 12.7. The van der Waals surface area contributed by atoms with E-state index in [1.807, 2.05) is 0 Å². The fourth-order valence-electron chi connectivity index (χ4n) is 1.14. The van der Waals surface area contributed by atoms with Gasteiger partial charge in [-0.3, -0.25) is 0 Å². The topological polar surface area (TPSA) is 15.8 Å². The number of nitrogens with one attached hydrogen (secondary N) is 1. The molecule has 0 saturated carbocycles. The molecule has 0 unspecified atom stereocenters. The van der Waals surface area contributed by atoms with Crippen LogP contribution < -0.4 is 0 Å². The second kappa shape index (κ2) is 3.63. The van der Waals surface area contributed by atoms with Gasteiger partial charge in [0.05, 0.1) is 16.8 Å². The maximum absolute atomic E-state index is 12.2. The van der Waals surface area contributed by atoms with Gasteiger partial charge in [0.2, 0.25) is 0 Å². The van der Waals surface area contributed by atoms with Crippen LogP contribution >= 0.6 is 0 Å². The summed E-state index contributed by atoms with van der Waals surface area (Å²) in [5, 5.41) is 0. The van der Waals surface area contributed by atoms with Crippen LogP contribution in [0.4, 0.5) is 35.1 Å². The molecule has 0 aliphatic carbocycles. The van der Waals surface area contributed by atoms with Gasteiger partial charge in [0.15, 0.2) is 0 Å². The first-order valence-corrected chi connectivity index (χ1v) is 3.69. The van der Waals surface area contributed by atoms with Gasteiger partial charge in [-0.15, -0.1) is 0 Å². The number of hydrogen-bond acceptors (Lipinski definition) is 0. The molecule has 92 valence electrons. The van der Waals surface area contributed by atoms with Gasteiger partial charge in [0, 0.05) is 6.20 Å². The lowest BCUT2D eigenvalue weighted by Gasteiger charge is -2.12. The average Bonchev–Trinajstić information content (AvgIpc) is 2.43. The van der Waals surface area contributed by atoms with Crippen molar-refractivity contribution in [3.05, 3.63) is 23.0 Å². The lowest BCUT2D eigenvalue weighted by molar-refractivity contribution is -0.162. The number of halogens is 8. The predicted octanol–water partition coefficient (Wildman–Crippen LogP) is 3.99. The lowest BCUT2D eigenvalue weighted by atomic mass is 10.1. The zero-order valence-corrected chi connectivity index (χ0v) is 7.18. The second-order valence-electron chi connectivity index (χ2n) is 2.79. The summed E-state index contributed by atoms with van der Waals surface area (Å²) in [6.07, 6.45) is -14.6. The van der Waals surface area contributed by atoms with E-state index in [0.717, 1.165) is 0 Å². The molecule has 1 aromatic heterocycles. The van der Waals surface area contributed by atoms with Gasteiger partial charge in [-0.1, -0.05) is 0 Å². The van der Waals surface area contributed by atoms with Crippen molar-refractivity contribution in [2.75, 3.05) is 0 Å². The summed E-state index contributed by atoms with van der Waals surface area (Å²) in [5.41, 5.74) is -6.29. The van der Waals surface area contributed by atoms with E-state index in [-0.39, 0.29) is 6.20 Å². The molecule has 1 aromatic rings.